The van der Waals surface area contributed by atoms with E-state index in [9.17, 15) is 0 Å². The standard InChI is InChI=1S/C50H32N6/c1-31-20-24-39-48(51-31)42-29-33(32-21-25-45-40(28-32)37-16-8-10-18-43(37)54(45)35-12-4-2-5-13-35)22-27-47(42)56-50(39)52-49(53-56)34-23-26-46-41(30-34)38-17-9-11-19-44(38)55(46)36-14-6-3-7-15-36/h2-30H,1H3. The van der Waals surface area contributed by atoms with Gasteiger partial charge in [0.15, 0.2) is 11.5 Å². The van der Waals surface area contributed by atoms with Gasteiger partial charge in [-0.25, -0.2) is 9.50 Å². The maximum atomic E-state index is 5.22. The Balaban J connectivity index is 1.04. The smallest absolute Gasteiger partial charge is 0.182 e. The molecule has 0 radical (unpaired) electrons. The Morgan fingerprint density at radius 3 is 1.50 bits per heavy atom. The fraction of sp³-hybridized carbons (Fsp3) is 0.0200. The van der Waals surface area contributed by atoms with Gasteiger partial charge in [0, 0.05) is 54.9 Å². The number of aryl methyl sites for hydroxylation is 1. The lowest BCUT2D eigenvalue weighted by molar-refractivity contribution is 1.01. The quantitative estimate of drug-likeness (QED) is 0.170. The van der Waals surface area contributed by atoms with Crippen LogP contribution in [0, 0.1) is 6.92 Å². The van der Waals surface area contributed by atoms with Crippen LogP contribution in [-0.2, 0) is 0 Å². The molecule has 0 saturated carbocycles. The van der Waals surface area contributed by atoms with E-state index >= 15 is 0 Å². The molecule has 0 unspecified atom stereocenters. The second kappa shape index (κ2) is 11.7. The summed E-state index contributed by atoms with van der Waals surface area (Å²) in [5.41, 5.74) is 13.9. The van der Waals surface area contributed by atoms with Crippen molar-refractivity contribution in [1.82, 2.24) is 28.7 Å². The topological polar surface area (TPSA) is 52.9 Å². The number of hydrogen-bond donors (Lipinski definition) is 0. The van der Waals surface area contributed by atoms with Crippen LogP contribution in [-0.4, -0.2) is 28.7 Å². The molecule has 0 aliphatic heterocycles. The van der Waals surface area contributed by atoms with E-state index in [-0.39, 0.29) is 0 Å². The largest absolute Gasteiger partial charge is 0.309 e. The molecule has 12 aromatic rings. The van der Waals surface area contributed by atoms with Gasteiger partial charge in [0.1, 0.15) is 0 Å². The van der Waals surface area contributed by atoms with Crippen molar-refractivity contribution in [3.63, 3.8) is 0 Å². The fourth-order valence-electron chi connectivity index (χ4n) is 8.78. The molecular formula is C50H32N6. The molecule has 0 amide bonds. The third-order valence-corrected chi connectivity index (χ3v) is 11.3. The lowest BCUT2D eigenvalue weighted by Gasteiger charge is -2.10. The Morgan fingerprint density at radius 1 is 0.375 bits per heavy atom. The Kier molecular flexibility index (Phi) is 6.45. The Bertz CT molecular complexity index is 3540. The molecule has 6 heteroatoms. The Morgan fingerprint density at radius 2 is 0.875 bits per heavy atom. The van der Waals surface area contributed by atoms with Gasteiger partial charge in [0.25, 0.3) is 0 Å². The van der Waals surface area contributed by atoms with Crippen molar-refractivity contribution in [2.45, 2.75) is 6.92 Å². The summed E-state index contributed by atoms with van der Waals surface area (Å²) >= 11 is 0. The summed E-state index contributed by atoms with van der Waals surface area (Å²) in [6.45, 7) is 2.05. The molecule has 7 aromatic carbocycles. The van der Waals surface area contributed by atoms with Gasteiger partial charge in [0.05, 0.1) is 33.1 Å². The number of aromatic nitrogens is 6. The average Bonchev–Trinajstić information content (AvgIpc) is 3.95. The number of rotatable bonds is 4. The number of benzene rings is 7. The van der Waals surface area contributed by atoms with Gasteiger partial charge in [-0.1, -0.05) is 84.9 Å². The average molecular weight is 717 g/mol. The van der Waals surface area contributed by atoms with Gasteiger partial charge in [-0.3, -0.25) is 4.98 Å². The number of pyridine rings is 2. The van der Waals surface area contributed by atoms with Gasteiger partial charge in [-0.15, -0.1) is 5.10 Å². The monoisotopic (exact) mass is 716 g/mol. The number of fused-ring (bicyclic) bond motifs is 12. The number of para-hydroxylation sites is 4. The molecule has 5 aromatic heterocycles. The van der Waals surface area contributed by atoms with E-state index in [0.717, 1.165) is 66.7 Å². The second-order valence-corrected chi connectivity index (χ2v) is 14.6. The summed E-state index contributed by atoms with van der Waals surface area (Å²) in [6.07, 6.45) is 0. The minimum atomic E-state index is 0.683. The van der Waals surface area contributed by atoms with Crippen molar-refractivity contribution in [2.75, 3.05) is 0 Å². The molecular weight excluding hydrogens is 685 g/mol. The lowest BCUT2D eigenvalue weighted by Crippen LogP contribution is -1.96. The van der Waals surface area contributed by atoms with Crippen LogP contribution in [0.4, 0.5) is 0 Å². The van der Waals surface area contributed by atoms with Crippen LogP contribution >= 0.6 is 0 Å². The normalized spacial score (nSPS) is 12.0. The predicted octanol–water partition coefficient (Wildman–Crippen LogP) is 12.3. The zero-order valence-electron chi connectivity index (χ0n) is 30.4. The van der Waals surface area contributed by atoms with Gasteiger partial charge in [0.2, 0.25) is 0 Å². The third kappa shape index (κ3) is 4.47. The maximum absolute atomic E-state index is 5.22. The minimum absolute atomic E-state index is 0.683. The van der Waals surface area contributed by atoms with E-state index in [1.54, 1.807) is 0 Å². The van der Waals surface area contributed by atoms with E-state index in [1.807, 2.05) is 11.4 Å². The summed E-state index contributed by atoms with van der Waals surface area (Å²) in [6, 6.07) is 62.6. The summed E-state index contributed by atoms with van der Waals surface area (Å²) in [4.78, 5) is 10.3. The number of nitrogens with zero attached hydrogens (tertiary/aromatic N) is 6. The van der Waals surface area contributed by atoms with Crippen molar-refractivity contribution < 1.29 is 0 Å². The zero-order chi connectivity index (χ0) is 36.9. The zero-order valence-corrected chi connectivity index (χ0v) is 30.4. The van der Waals surface area contributed by atoms with Crippen LogP contribution in [0.15, 0.2) is 176 Å². The Hall–Kier alpha value is -7.57. The molecule has 6 nitrogen and oxygen atoms in total. The number of hydrogen-bond acceptors (Lipinski definition) is 3. The first-order valence-electron chi connectivity index (χ1n) is 19.0. The van der Waals surface area contributed by atoms with Crippen molar-refractivity contribution in [3.05, 3.63) is 182 Å². The molecule has 0 N–H and O–H groups in total. The summed E-state index contributed by atoms with van der Waals surface area (Å²) in [7, 11) is 0. The van der Waals surface area contributed by atoms with Crippen LogP contribution in [0.25, 0.3) is 105 Å². The van der Waals surface area contributed by atoms with Gasteiger partial charge in [-0.05, 0) is 109 Å². The molecule has 0 saturated heterocycles. The highest BCUT2D eigenvalue weighted by molar-refractivity contribution is 6.13. The first kappa shape index (κ1) is 30.8. The molecule has 12 rings (SSSR count). The van der Waals surface area contributed by atoms with Crippen molar-refractivity contribution in [2.24, 2.45) is 0 Å². The SMILES string of the molecule is Cc1ccc2c(n1)c1cc(-c3ccc4c(c3)c3ccccc3n4-c3ccccc3)ccc1n1nc(-c3ccc4c(c3)c3ccccc3n4-c3ccccc3)nc21. The summed E-state index contributed by atoms with van der Waals surface area (Å²) in [5.74, 6) is 0.683. The van der Waals surface area contributed by atoms with Crippen LogP contribution < -0.4 is 0 Å². The predicted molar refractivity (Wildman–Crippen MR) is 230 cm³/mol. The van der Waals surface area contributed by atoms with Gasteiger partial charge < -0.3 is 9.13 Å². The van der Waals surface area contributed by atoms with Crippen LogP contribution in [0.1, 0.15) is 5.69 Å². The first-order chi connectivity index (χ1) is 27.7. The highest BCUT2D eigenvalue weighted by Crippen LogP contribution is 2.38. The molecule has 5 heterocycles. The highest BCUT2D eigenvalue weighted by atomic mass is 15.3. The van der Waals surface area contributed by atoms with Crippen LogP contribution in [0.2, 0.25) is 0 Å². The third-order valence-electron chi connectivity index (χ3n) is 11.3. The molecule has 0 aliphatic carbocycles. The molecule has 262 valence electrons. The van der Waals surface area contributed by atoms with E-state index in [4.69, 9.17) is 15.1 Å². The molecule has 56 heavy (non-hydrogen) atoms. The minimum Gasteiger partial charge on any atom is -0.309 e. The molecule has 0 atom stereocenters. The Labute approximate surface area is 321 Å². The van der Waals surface area contributed by atoms with Gasteiger partial charge in [-0.2, -0.15) is 0 Å². The van der Waals surface area contributed by atoms with E-state index in [2.05, 4.69) is 185 Å². The lowest BCUT2D eigenvalue weighted by atomic mass is 10.00. The van der Waals surface area contributed by atoms with Crippen LogP contribution in [0.5, 0.6) is 0 Å². The molecule has 0 fully saturated rings. The van der Waals surface area contributed by atoms with Crippen LogP contribution in [0.3, 0.4) is 0 Å². The first-order valence-corrected chi connectivity index (χ1v) is 19.0. The van der Waals surface area contributed by atoms with E-state index < -0.39 is 0 Å². The van der Waals surface area contributed by atoms with Crippen molar-refractivity contribution >= 4 is 71.1 Å². The van der Waals surface area contributed by atoms with E-state index in [1.165, 1.54) is 38.1 Å². The van der Waals surface area contributed by atoms with Crippen molar-refractivity contribution in [1.29, 1.82) is 0 Å². The van der Waals surface area contributed by atoms with Crippen molar-refractivity contribution in [3.8, 4) is 33.9 Å². The molecule has 0 aliphatic rings. The van der Waals surface area contributed by atoms with E-state index in [0.29, 0.717) is 5.82 Å². The summed E-state index contributed by atoms with van der Waals surface area (Å²) < 4.78 is 6.69. The summed E-state index contributed by atoms with van der Waals surface area (Å²) in [5, 5.41) is 12.0. The maximum Gasteiger partial charge on any atom is 0.182 e. The molecule has 0 bridgehead atoms. The van der Waals surface area contributed by atoms with Gasteiger partial charge >= 0.3 is 0 Å². The highest BCUT2D eigenvalue weighted by Gasteiger charge is 2.19. The second-order valence-electron chi connectivity index (χ2n) is 14.6. The fourth-order valence-corrected chi connectivity index (χ4v) is 8.78. The molecule has 0 spiro atoms.